The van der Waals surface area contributed by atoms with E-state index < -0.39 is 10.0 Å². The van der Waals surface area contributed by atoms with E-state index in [4.69, 9.17) is 5.14 Å². The first-order valence-electron chi connectivity index (χ1n) is 5.70. The van der Waals surface area contributed by atoms with Gasteiger partial charge in [0.15, 0.2) is 0 Å². The molecule has 0 unspecified atom stereocenters. The predicted octanol–water partition coefficient (Wildman–Crippen LogP) is 1.93. The summed E-state index contributed by atoms with van der Waals surface area (Å²) < 4.78 is 22.2. The van der Waals surface area contributed by atoms with E-state index in [0.717, 1.165) is 5.69 Å². The average molecular weight is 254 g/mol. The number of hydrogen-bond donors (Lipinski definition) is 2. The molecule has 3 N–H and O–H groups in total. The molecule has 0 radical (unpaired) electrons. The topological polar surface area (TPSA) is 72.2 Å². The van der Waals surface area contributed by atoms with Gasteiger partial charge >= 0.3 is 0 Å². The third kappa shape index (κ3) is 2.98. The summed E-state index contributed by atoms with van der Waals surface area (Å²) in [5.41, 5.74) is 0.984. The van der Waals surface area contributed by atoms with Crippen LogP contribution in [0.4, 0.5) is 5.69 Å². The van der Waals surface area contributed by atoms with E-state index in [2.05, 4.69) is 19.2 Å². The van der Waals surface area contributed by atoms with Gasteiger partial charge in [-0.2, -0.15) is 0 Å². The van der Waals surface area contributed by atoms with E-state index in [0.29, 0.717) is 5.92 Å². The van der Waals surface area contributed by atoms with E-state index in [1.54, 1.807) is 12.1 Å². The lowest BCUT2D eigenvalue weighted by Gasteiger charge is -2.27. The number of rotatable bonds is 4. The highest BCUT2D eigenvalue weighted by Crippen LogP contribution is 2.41. The van der Waals surface area contributed by atoms with E-state index in [1.807, 2.05) is 0 Å². The Morgan fingerprint density at radius 2 is 1.76 bits per heavy atom. The maximum atomic E-state index is 11.1. The van der Waals surface area contributed by atoms with Crippen LogP contribution in [-0.2, 0) is 10.0 Å². The van der Waals surface area contributed by atoms with Gasteiger partial charge in [-0.15, -0.1) is 0 Å². The van der Waals surface area contributed by atoms with Crippen molar-refractivity contribution in [2.75, 3.05) is 5.32 Å². The maximum absolute atomic E-state index is 11.1. The van der Waals surface area contributed by atoms with E-state index in [1.165, 1.54) is 25.0 Å². The van der Waals surface area contributed by atoms with Crippen molar-refractivity contribution >= 4 is 15.7 Å². The minimum atomic E-state index is -3.60. The zero-order valence-electron chi connectivity index (χ0n) is 10.1. The van der Waals surface area contributed by atoms with E-state index in [-0.39, 0.29) is 10.4 Å². The normalized spacial score (nSPS) is 16.9. The lowest BCUT2D eigenvalue weighted by Crippen LogP contribution is -2.33. The minimum absolute atomic E-state index is 0.0586. The average Bonchev–Trinajstić information content (AvgIpc) is 2.99. The van der Waals surface area contributed by atoms with Crippen molar-refractivity contribution in [1.29, 1.82) is 0 Å². The van der Waals surface area contributed by atoms with Crippen molar-refractivity contribution in [3.63, 3.8) is 0 Å². The summed E-state index contributed by atoms with van der Waals surface area (Å²) in [6, 6.07) is 6.56. The number of hydrogen-bond acceptors (Lipinski definition) is 3. The molecular weight excluding hydrogens is 236 g/mol. The van der Waals surface area contributed by atoms with Crippen LogP contribution in [0.15, 0.2) is 29.2 Å². The smallest absolute Gasteiger partial charge is 0.238 e. The molecule has 1 aromatic rings. The molecule has 4 nitrogen and oxygen atoms in total. The van der Waals surface area contributed by atoms with Gasteiger partial charge in [0.05, 0.1) is 4.90 Å². The van der Waals surface area contributed by atoms with Crippen molar-refractivity contribution in [2.45, 2.75) is 37.1 Å². The number of primary sulfonamides is 1. The summed E-state index contributed by atoms with van der Waals surface area (Å²) >= 11 is 0. The molecule has 0 saturated heterocycles. The molecule has 0 heterocycles. The van der Waals surface area contributed by atoms with Crippen LogP contribution >= 0.6 is 0 Å². The largest absolute Gasteiger partial charge is 0.380 e. The summed E-state index contributed by atoms with van der Waals surface area (Å²) in [5, 5.41) is 8.47. The van der Waals surface area contributed by atoms with Crippen LogP contribution in [0.3, 0.4) is 0 Å². The maximum Gasteiger partial charge on any atom is 0.238 e. The van der Waals surface area contributed by atoms with Gasteiger partial charge in [0.2, 0.25) is 10.0 Å². The molecule has 0 amide bonds. The molecule has 0 atom stereocenters. The number of nitrogens with two attached hydrogens (primary N) is 1. The molecule has 0 aliphatic heterocycles. The Hall–Kier alpha value is -1.07. The first-order valence-corrected chi connectivity index (χ1v) is 7.25. The quantitative estimate of drug-likeness (QED) is 0.862. The molecule has 1 fully saturated rings. The van der Waals surface area contributed by atoms with Gasteiger partial charge < -0.3 is 5.32 Å². The summed E-state index contributed by atoms with van der Waals surface area (Å²) in [7, 11) is -3.60. The van der Waals surface area contributed by atoms with Crippen molar-refractivity contribution in [2.24, 2.45) is 11.1 Å². The van der Waals surface area contributed by atoms with Crippen molar-refractivity contribution in [3.05, 3.63) is 24.3 Å². The number of benzene rings is 1. The van der Waals surface area contributed by atoms with Crippen molar-refractivity contribution < 1.29 is 8.42 Å². The zero-order chi connectivity index (χ0) is 12.7. The van der Waals surface area contributed by atoms with Crippen molar-refractivity contribution in [1.82, 2.24) is 0 Å². The fourth-order valence-corrected chi connectivity index (χ4v) is 2.52. The van der Waals surface area contributed by atoms with Crippen molar-refractivity contribution in [3.8, 4) is 0 Å². The van der Waals surface area contributed by atoms with Gasteiger partial charge in [0.1, 0.15) is 0 Å². The van der Waals surface area contributed by atoms with Gasteiger partial charge in [-0.05, 0) is 56.9 Å². The molecule has 1 aromatic carbocycles. The van der Waals surface area contributed by atoms with Crippen LogP contribution in [0.2, 0.25) is 0 Å². The fourth-order valence-electron chi connectivity index (χ4n) is 2.01. The van der Waals surface area contributed by atoms with Crippen LogP contribution in [0.5, 0.6) is 0 Å². The summed E-state index contributed by atoms with van der Waals surface area (Å²) in [5.74, 6) is 0.709. The fraction of sp³-hybridized carbons (Fsp3) is 0.500. The van der Waals surface area contributed by atoms with Crippen LogP contribution in [-0.4, -0.2) is 14.0 Å². The summed E-state index contributed by atoms with van der Waals surface area (Å²) in [4.78, 5) is 0.146. The van der Waals surface area contributed by atoms with Crippen LogP contribution in [0, 0.1) is 5.92 Å². The second-order valence-electron chi connectivity index (χ2n) is 5.19. The second kappa shape index (κ2) is 3.99. The Kier molecular flexibility index (Phi) is 2.91. The molecule has 0 bridgehead atoms. The molecule has 5 heteroatoms. The molecule has 1 saturated carbocycles. The lowest BCUT2D eigenvalue weighted by molar-refractivity contribution is 0.494. The third-order valence-electron chi connectivity index (χ3n) is 3.25. The van der Waals surface area contributed by atoms with Gasteiger partial charge in [-0.3, -0.25) is 0 Å². The molecule has 94 valence electrons. The molecular formula is C12H18N2O2S. The van der Waals surface area contributed by atoms with E-state index >= 15 is 0 Å². The molecule has 17 heavy (non-hydrogen) atoms. The lowest BCUT2D eigenvalue weighted by atomic mass is 9.98. The summed E-state index contributed by atoms with van der Waals surface area (Å²) in [6.45, 7) is 4.33. The Bertz CT molecular complexity index is 502. The van der Waals surface area contributed by atoms with Crippen LogP contribution in [0.25, 0.3) is 0 Å². The standard InChI is InChI=1S/C12H18N2O2S/c1-12(2,9-3-4-9)14-10-5-7-11(8-6-10)17(13,15)16/h5-9,14H,3-4H2,1-2H3,(H2,13,15,16). The second-order valence-corrected chi connectivity index (χ2v) is 6.75. The highest BCUT2D eigenvalue weighted by molar-refractivity contribution is 7.89. The first-order chi connectivity index (χ1) is 7.79. The highest BCUT2D eigenvalue weighted by atomic mass is 32.2. The van der Waals surface area contributed by atoms with Gasteiger partial charge in [0, 0.05) is 11.2 Å². The zero-order valence-corrected chi connectivity index (χ0v) is 10.9. The van der Waals surface area contributed by atoms with Gasteiger partial charge in [-0.1, -0.05) is 0 Å². The summed E-state index contributed by atoms with van der Waals surface area (Å²) in [6.07, 6.45) is 2.52. The first kappa shape index (κ1) is 12.4. The van der Waals surface area contributed by atoms with Gasteiger partial charge in [0.25, 0.3) is 0 Å². The number of anilines is 1. The van der Waals surface area contributed by atoms with Crippen LogP contribution < -0.4 is 10.5 Å². The molecule has 2 rings (SSSR count). The Morgan fingerprint density at radius 3 is 2.18 bits per heavy atom. The predicted molar refractivity (Wildman–Crippen MR) is 68.2 cm³/mol. The molecule has 1 aliphatic rings. The molecule has 0 spiro atoms. The Morgan fingerprint density at radius 1 is 1.24 bits per heavy atom. The Balaban J connectivity index is 2.13. The third-order valence-corrected chi connectivity index (χ3v) is 4.18. The Labute approximate surface area is 102 Å². The molecule has 0 aromatic heterocycles. The SMILES string of the molecule is CC(C)(Nc1ccc(S(N)(=O)=O)cc1)C1CC1. The van der Waals surface area contributed by atoms with E-state index in [9.17, 15) is 8.42 Å². The highest BCUT2D eigenvalue weighted by Gasteiger charge is 2.37. The van der Waals surface area contributed by atoms with Crippen LogP contribution in [0.1, 0.15) is 26.7 Å². The number of sulfonamides is 1. The van der Waals surface area contributed by atoms with Gasteiger partial charge in [-0.25, -0.2) is 13.6 Å². The number of nitrogens with one attached hydrogen (secondary N) is 1. The monoisotopic (exact) mass is 254 g/mol. The minimum Gasteiger partial charge on any atom is -0.380 e. The molecule has 1 aliphatic carbocycles.